The summed E-state index contributed by atoms with van der Waals surface area (Å²) in [5, 5.41) is 3.24. The normalized spacial score (nSPS) is 21.2. The lowest BCUT2D eigenvalue weighted by Gasteiger charge is -2.27. The predicted octanol–water partition coefficient (Wildman–Crippen LogP) is 1.82. The van der Waals surface area contributed by atoms with E-state index < -0.39 is 0 Å². The third-order valence-electron chi connectivity index (χ3n) is 3.62. The molecule has 3 nitrogen and oxygen atoms in total. The van der Waals surface area contributed by atoms with Crippen LogP contribution in [0.15, 0.2) is 30.3 Å². The maximum Gasteiger partial charge on any atom is 0.227 e. The monoisotopic (exact) mass is 232 g/mol. The van der Waals surface area contributed by atoms with Crippen molar-refractivity contribution in [2.45, 2.75) is 19.4 Å². The Kier molecular flexibility index (Phi) is 3.79. The molecule has 2 unspecified atom stereocenters. The molecule has 2 atom stereocenters. The maximum atomic E-state index is 12.2. The third-order valence-corrected chi connectivity index (χ3v) is 3.62. The summed E-state index contributed by atoms with van der Waals surface area (Å²) in [5.74, 6) is 0.414. The molecule has 3 heteroatoms. The van der Waals surface area contributed by atoms with Crippen LogP contribution in [0.2, 0.25) is 0 Å². The number of nitrogens with one attached hydrogen (secondary N) is 1. The molecule has 1 aliphatic heterocycles. The Hall–Kier alpha value is -1.35. The first-order chi connectivity index (χ1) is 8.20. The number of carbonyl (C=O) groups is 1. The van der Waals surface area contributed by atoms with Gasteiger partial charge in [-0.25, -0.2) is 0 Å². The zero-order chi connectivity index (χ0) is 12.3. The molecule has 17 heavy (non-hydrogen) atoms. The van der Waals surface area contributed by atoms with Crippen molar-refractivity contribution >= 4 is 5.91 Å². The average Bonchev–Trinajstić information content (AvgIpc) is 2.91. The lowest BCUT2D eigenvalue weighted by atomic mass is 10.0. The molecule has 1 aromatic carbocycles. The first kappa shape index (κ1) is 12.1. The van der Waals surface area contributed by atoms with E-state index in [0.29, 0.717) is 0 Å². The first-order valence-electron chi connectivity index (χ1n) is 6.22. The van der Waals surface area contributed by atoms with Gasteiger partial charge in [0, 0.05) is 13.6 Å². The molecule has 1 heterocycles. The van der Waals surface area contributed by atoms with Gasteiger partial charge in [0.1, 0.15) is 0 Å². The summed E-state index contributed by atoms with van der Waals surface area (Å²) < 4.78 is 0. The van der Waals surface area contributed by atoms with Crippen molar-refractivity contribution in [1.82, 2.24) is 10.2 Å². The summed E-state index contributed by atoms with van der Waals surface area (Å²) in [5.41, 5.74) is 1.19. The quantitative estimate of drug-likeness (QED) is 0.862. The van der Waals surface area contributed by atoms with Gasteiger partial charge in [-0.2, -0.15) is 0 Å². The average molecular weight is 232 g/mol. The molecule has 92 valence electrons. The number of amides is 1. The molecule has 1 fully saturated rings. The molecule has 0 aliphatic carbocycles. The summed E-state index contributed by atoms with van der Waals surface area (Å²) in [4.78, 5) is 14.1. The Bertz CT molecular complexity index is 371. The highest BCUT2D eigenvalue weighted by Crippen LogP contribution is 2.21. The van der Waals surface area contributed by atoms with Crippen molar-refractivity contribution in [2.24, 2.45) is 5.92 Å². The molecule has 2 rings (SSSR count). The van der Waals surface area contributed by atoms with E-state index >= 15 is 0 Å². The smallest absolute Gasteiger partial charge is 0.227 e. The first-order valence-corrected chi connectivity index (χ1v) is 6.22. The van der Waals surface area contributed by atoms with Crippen molar-refractivity contribution in [3.05, 3.63) is 35.9 Å². The van der Waals surface area contributed by atoms with Crippen molar-refractivity contribution in [1.29, 1.82) is 0 Å². The van der Waals surface area contributed by atoms with Gasteiger partial charge >= 0.3 is 0 Å². The second kappa shape index (κ2) is 5.32. The molecule has 0 radical (unpaired) electrons. The van der Waals surface area contributed by atoms with Crippen LogP contribution in [-0.4, -0.2) is 30.9 Å². The van der Waals surface area contributed by atoms with E-state index in [1.54, 1.807) is 0 Å². The molecule has 0 bridgehead atoms. The molecule has 0 spiro atoms. The highest BCUT2D eigenvalue weighted by molar-refractivity contribution is 5.79. The molecule has 1 aliphatic rings. The minimum Gasteiger partial charge on any atom is -0.339 e. The zero-order valence-electron chi connectivity index (χ0n) is 10.5. The minimum absolute atomic E-state index is 0.143. The van der Waals surface area contributed by atoms with Crippen LogP contribution in [0.4, 0.5) is 0 Å². The Morgan fingerprint density at radius 2 is 2.12 bits per heavy atom. The summed E-state index contributed by atoms with van der Waals surface area (Å²) in [6, 6.07) is 10.3. The fraction of sp³-hybridized carbons (Fsp3) is 0.500. The Labute approximate surface area is 103 Å². The van der Waals surface area contributed by atoms with E-state index in [4.69, 9.17) is 0 Å². The van der Waals surface area contributed by atoms with E-state index in [0.717, 1.165) is 19.5 Å². The fourth-order valence-corrected chi connectivity index (χ4v) is 2.30. The molecular weight excluding hydrogens is 212 g/mol. The lowest BCUT2D eigenvalue weighted by Crippen LogP contribution is -2.35. The molecule has 1 N–H and O–H groups in total. The van der Waals surface area contributed by atoms with E-state index in [-0.39, 0.29) is 17.9 Å². The number of rotatable bonds is 3. The van der Waals surface area contributed by atoms with Crippen LogP contribution in [0.3, 0.4) is 0 Å². The van der Waals surface area contributed by atoms with Crippen LogP contribution in [0.1, 0.15) is 24.9 Å². The largest absolute Gasteiger partial charge is 0.339 e. The van der Waals surface area contributed by atoms with E-state index in [1.165, 1.54) is 5.56 Å². The van der Waals surface area contributed by atoms with E-state index in [1.807, 2.05) is 30.1 Å². The van der Waals surface area contributed by atoms with Crippen molar-refractivity contribution < 1.29 is 4.79 Å². The van der Waals surface area contributed by atoms with Crippen LogP contribution in [0.25, 0.3) is 0 Å². The van der Waals surface area contributed by atoms with Crippen LogP contribution >= 0.6 is 0 Å². The van der Waals surface area contributed by atoms with Gasteiger partial charge in [0.25, 0.3) is 0 Å². The molecule has 1 saturated heterocycles. The van der Waals surface area contributed by atoms with Gasteiger partial charge in [0.15, 0.2) is 0 Å². The predicted molar refractivity (Wildman–Crippen MR) is 68.6 cm³/mol. The standard InChI is InChI=1S/C14H20N2O/c1-11(12-6-4-3-5-7-12)16(2)14(17)13-8-9-15-10-13/h3-7,11,13,15H,8-10H2,1-2H3. The van der Waals surface area contributed by atoms with Crippen LogP contribution in [0.5, 0.6) is 0 Å². The zero-order valence-corrected chi connectivity index (χ0v) is 10.5. The summed E-state index contributed by atoms with van der Waals surface area (Å²) in [6.45, 7) is 3.87. The van der Waals surface area contributed by atoms with Gasteiger partial charge < -0.3 is 10.2 Å². The van der Waals surface area contributed by atoms with Gasteiger partial charge in [0.05, 0.1) is 12.0 Å². The van der Waals surface area contributed by atoms with E-state index in [9.17, 15) is 4.79 Å². The fourth-order valence-electron chi connectivity index (χ4n) is 2.30. The number of hydrogen-bond acceptors (Lipinski definition) is 2. The topological polar surface area (TPSA) is 32.3 Å². The van der Waals surface area contributed by atoms with E-state index in [2.05, 4.69) is 24.4 Å². The second-order valence-electron chi connectivity index (χ2n) is 4.73. The minimum atomic E-state index is 0.143. The summed E-state index contributed by atoms with van der Waals surface area (Å²) in [6.07, 6.45) is 0.963. The van der Waals surface area contributed by atoms with Gasteiger partial charge in [-0.3, -0.25) is 4.79 Å². The molecule has 1 aromatic rings. The number of nitrogens with zero attached hydrogens (tertiary/aromatic N) is 1. The molecule has 0 aromatic heterocycles. The SMILES string of the molecule is CC(c1ccccc1)N(C)C(=O)C1CCNC1. The Morgan fingerprint density at radius 1 is 1.41 bits per heavy atom. The van der Waals surface area contributed by atoms with Gasteiger partial charge in [-0.1, -0.05) is 30.3 Å². The number of carbonyl (C=O) groups excluding carboxylic acids is 1. The van der Waals surface area contributed by atoms with Crippen LogP contribution in [-0.2, 0) is 4.79 Å². The number of benzene rings is 1. The van der Waals surface area contributed by atoms with Crippen LogP contribution < -0.4 is 5.32 Å². The second-order valence-corrected chi connectivity index (χ2v) is 4.73. The molecule has 1 amide bonds. The molecular formula is C14H20N2O. The lowest BCUT2D eigenvalue weighted by molar-refractivity contribution is -0.135. The Morgan fingerprint density at radius 3 is 2.71 bits per heavy atom. The Balaban J connectivity index is 2.04. The van der Waals surface area contributed by atoms with Gasteiger partial charge in [-0.15, -0.1) is 0 Å². The van der Waals surface area contributed by atoms with Crippen molar-refractivity contribution in [2.75, 3.05) is 20.1 Å². The maximum absolute atomic E-state index is 12.2. The van der Waals surface area contributed by atoms with Gasteiger partial charge in [0.2, 0.25) is 5.91 Å². The third kappa shape index (κ3) is 2.67. The van der Waals surface area contributed by atoms with Crippen molar-refractivity contribution in [3.63, 3.8) is 0 Å². The highest BCUT2D eigenvalue weighted by atomic mass is 16.2. The van der Waals surface area contributed by atoms with Gasteiger partial charge in [-0.05, 0) is 25.5 Å². The van der Waals surface area contributed by atoms with Crippen LogP contribution in [0, 0.1) is 5.92 Å². The summed E-state index contributed by atoms with van der Waals surface area (Å²) in [7, 11) is 1.90. The molecule has 0 saturated carbocycles. The highest BCUT2D eigenvalue weighted by Gasteiger charge is 2.27. The summed E-state index contributed by atoms with van der Waals surface area (Å²) >= 11 is 0. The number of hydrogen-bond donors (Lipinski definition) is 1. The van der Waals surface area contributed by atoms with Crippen molar-refractivity contribution in [3.8, 4) is 0 Å².